The van der Waals surface area contributed by atoms with Crippen LogP contribution >= 0.6 is 34.4 Å². The van der Waals surface area contributed by atoms with Crippen LogP contribution in [0.25, 0.3) is 0 Å². The molecule has 0 saturated heterocycles. The van der Waals surface area contributed by atoms with E-state index in [0.29, 0.717) is 0 Å². The van der Waals surface area contributed by atoms with Gasteiger partial charge in [0.1, 0.15) is 0 Å². The summed E-state index contributed by atoms with van der Waals surface area (Å²) >= 11 is 4.24. The molecule has 0 fully saturated rings. The summed E-state index contributed by atoms with van der Waals surface area (Å²) in [6.07, 6.45) is 2.15. The molecule has 0 heterocycles. The molecular formula is C11H16INS. The molecule has 0 radical (unpaired) electrons. The van der Waals surface area contributed by atoms with Gasteiger partial charge in [0.15, 0.2) is 0 Å². The topological polar surface area (TPSA) is 3.24 Å². The lowest BCUT2D eigenvalue weighted by atomic mass is 10.2. The first-order valence-electron chi connectivity index (χ1n) is 4.64. The van der Waals surface area contributed by atoms with E-state index in [4.69, 9.17) is 0 Å². The van der Waals surface area contributed by atoms with E-state index in [1.54, 1.807) is 0 Å². The fourth-order valence-corrected chi connectivity index (χ4v) is 2.08. The quantitative estimate of drug-likeness (QED) is 0.767. The number of rotatable bonds is 5. The number of nitrogens with zero attached hydrogens (tertiary/aromatic N) is 1. The average molecular weight is 321 g/mol. The van der Waals surface area contributed by atoms with Crippen molar-refractivity contribution < 1.29 is 0 Å². The molecule has 1 aromatic rings. The lowest BCUT2D eigenvalue weighted by Crippen LogP contribution is -2.20. The van der Waals surface area contributed by atoms with Gasteiger partial charge in [0, 0.05) is 22.4 Å². The predicted molar refractivity (Wildman–Crippen MR) is 73.9 cm³/mol. The fraction of sp³-hybridized carbons (Fsp3) is 0.455. The second-order valence-electron chi connectivity index (χ2n) is 3.36. The standard InChI is InChI=1S/C11H16INS/c1-13(7-8-14-2)9-10-3-5-11(12)6-4-10/h3-6H,7-9H2,1-2H3. The van der Waals surface area contributed by atoms with Crippen LogP contribution in [0.1, 0.15) is 5.56 Å². The second-order valence-corrected chi connectivity index (χ2v) is 5.59. The summed E-state index contributed by atoms with van der Waals surface area (Å²) in [6, 6.07) is 8.74. The molecule has 0 aromatic heterocycles. The van der Waals surface area contributed by atoms with Gasteiger partial charge in [-0.1, -0.05) is 12.1 Å². The first kappa shape index (κ1) is 12.3. The van der Waals surface area contributed by atoms with Crippen LogP contribution in [0.3, 0.4) is 0 Å². The van der Waals surface area contributed by atoms with Gasteiger partial charge in [0.2, 0.25) is 0 Å². The van der Waals surface area contributed by atoms with Gasteiger partial charge in [-0.3, -0.25) is 0 Å². The van der Waals surface area contributed by atoms with Crippen molar-refractivity contribution in [1.29, 1.82) is 0 Å². The number of thioether (sulfide) groups is 1. The van der Waals surface area contributed by atoms with Crippen molar-refractivity contribution in [3.8, 4) is 0 Å². The van der Waals surface area contributed by atoms with Gasteiger partial charge in [-0.2, -0.15) is 11.8 Å². The SMILES string of the molecule is CSCCN(C)Cc1ccc(I)cc1. The van der Waals surface area contributed by atoms with Gasteiger partial charge in [0.25, 0.3) is 0 Å². The van der Waals surface area contributed by atoms with Crippen LogP contribution in [-0.2, 0) is 6.54 Å². The van der Waals surface area contributed by atoms with Crippen molar-refractivity contribution in [3.05, 3.63) is 33.4 Å². The van der Waals surface area contributed by atoms with Gasteiger partial charge in [0.05, 0.1) is 0 Å². The molecule has 0 amide bonds. The van der Waals surface area contributed by atoms with Crippen molar-refractivity contribution in [2.45, 2.75) is 6.54 Å². The molecule has 0 spiro atoms. The van der Waals surface area contributed by atoms with Gasteiger partial charge in [-0.25, -0.2) is 0 Å². The van der Waals surface area contributed by atoms with Crippen molar-refractivity contribution in [2.24, 2.45) is 0 Å². The van der Waals surface area contributed by atoms with Crippen LogP contribution in [0.15, 0.2) is 24.3 Å². The van der Waals surface area contributed by atoms with Crippen LogP contribution in [0.4, 0.5) is 0 Å². The molecule has 0 bridgehead atoms. The molecule has 1 nitrogen and oxygen atoms in total. The van der Waals surface area contributed by atoms with Gasteiger partial charge in [-0.15, -0.1) is 0 Å². The number of halogens is 1. The number of hydrogen-bond donors (Lipinski definition) is 0. The van der Waals surface area contributed by atoms with Gasteiger partial charge < -0.3 is 4.90 Å². The van der Waals surface area contributed by atoms with E-state index >= 15 is 0 Å². The lowest BCUT2D eigenvalue weighted by molar-refractivity contribution is 0.349. The van der Waals surface area contributed by atoms with Crippen molar-refractivity contribution >= 4 is 34.4 Å². The summed E-state index contributed by atoms with van der Waals surface area (Å²) in [4.78, 5) is 2.36. The minimum absolute atomic E-state index is 1.05. The van der Waals surface area contributed by atoms with E-state index in [1.165, 1.54) is 14.9 Å². The van der Waals surface area contributed by atoms with E-state index in [0.717, 1.165) is 13.1 Å². The maximum absolute atomic E-state index is 2.36. The molecule has 0 saturated carbocycles. The summed E-state index contributed by atoms with van der Waals surface area (Å²) < 4.78 is 1.30. The monoisotopic (exact) mass is 321 g/mol. The van der Waals surface area contributed by atoms with Crippen LogP contribution < -0.4 is 0 Å². The minimum Gasteiger partial charge on any atom is -0.301 e. The molecule has 0 aliphatic rings. The highest BCUT2D eigenvalue weighted by Crippen LogP contribution is 2.08. The molecule has 0 atom stereocenters. The number of benzene rings is 1. The Morgan fingerprint density at radius 2 is 1.93 bits per heavy atom. The van der Waals surface area contributed by atoms with Crippen molar-refractivity contribution in [3.63, 3.8) is 0 Å². The zero-order chi connectivity index (χ0) is 10.4. The summed E-state index contributed by atoms with van der Waals surface area (Å²) in [7, 11) is 2.17. The molecule has 0 N–H and O–H groups in total. The van der Waals surface area contributed by atoms with E-state index in [1.807, 2.05) is 11.8 Å². The van der Waals surface area contributed by atoms with Crippen molar-refractivity contribution in [1.82, 2.24) is 4.90 Å². The van der Waals surface area contributed by atoms with E-state index < -0.39 is 0 Å². The largest absolute Gasteiger partial charge is 0.301 e. The third-order valence-electron chi connectivity index (χ3n) is 2.04. The van der Waals surface area contributed by atoms with E-state index in [9.17, 15) is 0 Å². The van der Waals surface area contributed by atoms with Crippen LogP contribution in [0, 0.1) is 3.57 Å². The highest BCUT2D eigenvalue weighted by Gasteiger charge is 1.99. The second kappa shape index (κ2) is 6.69. The van der Waals surface area contributed by atoms with Gasteiger partial charge >= 0.3 is 0 Å². The Morgan fingerprint density at radius 1 is 1.29 bits per heavy atom. The minimum atomic E-state index is 1.05. The molecule has 78 valence electrons. The summed E-state index contributed by atoms with van der Waals surface area (Å²) in [5.41, 5.74) is 1.40. The normalized spacial score (nSPS) is 10.9. The third kappa shape index (κ3) is 4.66. The van der Waals surface area contributed by atoms with Crippen molar-refractivity contribution in [2.75, 3.05) is 25.6 Å². The lowest BCUT2D eigenvalue weighted by Gasteiger charge is -2.15. The van der Waals surface area contributed by atoms with Crippen LogP contribution in [-0.4, -0.2) is 30.5 Å². The Labute approximate surface area is 104 Å². The zero-order valence-electron chi connectivity index (χ0n) is 8.66. The fourth-order valence-electron chi connectivity index (χ4n) is 1.23. The molecule has 0 aliphatic carbocycles. The maximum atomic E-state index is 2.36. The summed E-state index contributed by atoms with van der Waals surface area (Å²) in [6.45, 7) is 2.21. The average Bonchev–Trinajstić information content (AvgIpc) is 2.18. The van der Waals surface area contributed by atoms with E-state index in [2.05, 4.69) is 65.1 Å². The Balaban J connectivity index is 2.39. The van der Waals surface area contributed by atoms with Crippen LogP contribution in [0.2, 0.25) is 0 Å². The molecular weight excluding hydrogens is 305 g/mol. The maximum Gasteiger partial charge on any atom is 0.0231 e. The molecule has 1 aromatic carbocycles. The molecule has 1 rings (SSSR count). The summed E-state index contributed by atoms with van der Waals surface area (Å²) in [5, 5.41) is 0. The first-order valence-corrected chi connectivity index (χ1v) is 7.11. The van der Waals surface area contributed by atoms with Gasteiger partial charge in [-0.05, 0) is 53.6 Å². The molecule has 0 aliphatic heterocycles. The van der Waals surface area contributed by atoms with Crippen LogP contribution in [0.5, 0.6) is 0 Å². The molecule has 0 unspecified atom stereocenters. The summed E-state index contributed by atoms with van der Waals surface area (Å²) in [5.74, 6) is 1.21. The Morgan fingerprint density at radius 3 is 2.50 bits per heavy atom. The van der Waals surface area contributed by atoms with E-state index in [-0.39, 0.29) is 0 Å². The highest BCUT2D eigenvalue weighted by molar-refractivity contribution is 14.1. The Kier molecular flexibility index (Phi) is 5.89. The molecule has 3 heteroatoms. The third-order valence-corrected chi connectivity index (χ3v) is 3.35. The first-order chi connectivity index (χ1) is 6.72. The molecule has 14 heavy (non-hydrogen) atoms. The number of hydrogen-bond acceptors (Lipinski definition) is 2. The smallest absolute Gasteiger partial charge is 0.0231 e. The predicted octanol–water partition coefficient (Wildman–Crippen LogP) is 3.09. The Hall–Kier alpha value is 0.260. The Bertz CT molecular complexity index is 260. The highest BCUT2D eigenvalue weighted by atomic mass is 127. The zero-order valence-corrected chi connectivity index (χ0v) is 11.6.